The molecular formula is C14H19BrN4. The molecule has 0 aliphatic heterocycles. The molecule has 0 radical (unpaired) electrons. The van der Waals surface area contributed by atoms with Crippen LogP contribution in [0.5, 0.6) is 0 Å². The minimum Gasteiger partial charge on any atom is -0.355 e. The Morgan fingerprint density at radius 3 is 2.89 bits per heavy atom. The van der Waals surface area contributed by atoms with Crippen LogP contribution in [0.15, 0.2) is 18.5 Å². The van der Waals surface area contributed by atoms with Gasteiger partial charge in [-0.15, -0.1) is 0 Å². The molecule has 3 rings (SSSR count). The lowest BCUT2D eigenvalue weighted by atomic mass is 9.94. The molecule has 0 N–H and O–H groups in total. The number of fused-ring (bicyclic) bond motifs is 1. The maximum Gasteiger partial charge on any atom is 0.157 e. The van der Waals surface area contributed by atoms with Crippen LogP contribution >= 0.6 is 15.9 Å². The van der Waals surface area contributed by atoms with Gasteiger partial charge in [0.05, 0.1) is 0 Å². The number of alkyl halides is 1. The van der Waals surface area contributed by atoms with Gasteiger partial charge in [-0.3, -0.25) is 0 Å². The van der Waals surface area contributed by atoms with Crippen LogP contribution in [-0.4, -0.2) is 32.5 Å². The monoisotopic (exact) mass is 322 g/mol. The Morgan fingerprint density at radius 1 is 1.32 bits per heavy atom. The molecule has 1 fully saturated rings. The molecule has 0 amide bonds. The number of nitrogens with zero attached hydrogens (tertiary/aromatic N) is 4. The third-order valence-electron chi connectivity index (χ3n) is 4.01. The summed E-state index contributed by atoms with van der Waals surface area (Å²) in [4.78, 5) is 7.22. The first kappa shape index (κ1) is 12.9. The van der Waals surface area contributed by atoms with Crippen LogP contribution in [0.25, 0.3) is 5.65 Å². The van der Waals surface area contributed by atoms with Crippen LogP contribution < -0.4 is 4.90 Å². The zero-order valence-electron chi connectivity index (χ0n) is 11.4. The molecule has 2 atom stereocenters. The van der Waals surface area contributed by atoms with Crippen molar-refractivity contribution in [1.82, 2.24) is 14.6 Å². The van der Waals surface area contributed by atoms with Gasteiger partial charge in [-0.1, -0.05) is 28.8 Å². The molecule has 5 heteroatoms. The summed E-state index contributed by atoms with van der Waals surface area (Å²) in [5.41, 5.74) is 2.15. The third-order valence-corrected chi connectivity index (χ3v) is 5.08. The van der Waals surface area contributed by atoms with E-state index in [1.807, 2.05) is 4.52 Å². The first-order valence-corrected chi connectivity index (χ1v) is 7.75. The fourth-order valence-electron chi connectivity index (χ4n) is 2.96. The molecule has 4 nitrogen and oxygen atoms in total. The van der Waals surface area contributed by atoms with E-state index >= 15 is 0 Å². The molecule has 0 saturated heterocycles. The Kier molecular flexibility index (Phi) is 3.48. The summed E-state index contributed by atoms with van der Waals surface area (Å²) in [6.45, 7) is 2.11. The SMILES string of the molecule is Cc1cc(N(C)C2CCCCC2Br)n2ncnc2c1. The molecule has 0 bridgehead atoms. The van der Waals surface area contributed by atoms with Crippen molar-refractivity contribution in [1.29, 1.82) is 0 Å². The minimum absolute atomic E-state index is 0.531. The van der Waals surface area contributed by atoms with E-state index in [4.69, 9.17) is 0 Å². The summed E-state index contributed by atoms with van der Waals surface area (Å²) < 4.78 is 1.93. The average molecular weight is 323 g/mol. The number of aryl methyl sites for hydroxylation is 1. The second kappa shape index (κ2) is 5.12. The van der Waals surface area contributed by atoms with E-state index in [0.717, 1.165) is 11.5 Å². The second-order valence-electron chi connectivity index (χ2n) is 5.40. The molecule has 1 saturated carbocycles. The van der Waals surface area contributed by atoms with E-state index in [2.05, 4.69) is 57.0 Å². The van der Waals surface area contributed by atoms with E-state index in [9.17, 15) is 0 Å². The predicted octanol–water partition coefficient (Wildman–Crippen LogP) is 3.18. The molecule has 19 heavy (non-hydrogen) atoms. The van der Waals surface area contributed by atoms with Gasteiger partial charge >= 0.3 is 0 Å². The Bertz CT molecular complexity index is 580. The summed E-state index contributed by atoms with van der Waals surface area (Å²) in [7, 11) is 2.17. The quantitative estimate of drug-likeness (QED) is 0.796. The summed E-state index contributed by atoms with van der Waals surface area (Å²) in [5, 5.41) is 4.35. The number of pyridine rings is 1. The van der Waals surface area contributed by atoms with Crippen molar-refractivity contribution in [3.8, 4) is 0 Å². The van der Waals surface area contributed by atoms with E-state index < -0.39 is 0 Å². The van der Waals surface area contributed by atoms with Crippen LogP contribution in [0.3, 0.4) is 0 Å². The predicted molar refractivity (Wildman–Crippen MR) is 81.1 cm³/mol. The van der Waals surface area contributed by atoms with Gasteiger partial charge in [-0.25, -0.2) is 4.98 Å². The molecule has 2 aromatic rings. The van der Waals surface area contributed by atoms with Crippen molar-refractivity contribution < 1.29 is 0 Å². The number of rotatable bonds is 2. The smallest absolute Gasteiger partial charge is 0.157 e. The molecule has 102 valence electrons. The number of hydrogen-bond donors (Lipinski definition) is 0. The summed E-state index contributed by atoms with van der Waals surface area (Å²) in [6.07, 6.45) is 6.74. The zero-order valence-corrected chi connectivity index (χ0v) is 13.0. The van der Waals surface area contributed by atoms with Crippen molar-refractivity contribution in [3.05, 3.63) is 24.0 Å². The number of anilines is 1. The number of hydrogen-bond acceptors (Lipinski definition) is 3. The van der Waals surface area contributed by atoms with Crippen molar-refractivity contribution in [2.75, 3.05) is 11.9 Å². The Labute approximate surface area is 121 Å². The van der Waals surface area contributed by atoms with Gasteiger partial charge < -0.3 is 4.90 Å². The molecule has 0 aromatic carbocycles. The molecule has 2 unspecified atom stereocenters. The molecule has 1 aliphatic rings. The summed E-state index contributed by atoms with van der Waals surface area (Å²) in [5.74, 6) is 1.13. The van der Waals surface area contributed by atoms with Crippen LogP contribution in [0.2, 0.25) is 0 Å². The maximum atomic E-state index is 4.35. The lowest BCUT2D eigenvalue weighted by molar-refractivity contribution is 0.440. The molecule has 2 aromatic heterocycles. The van der Waals surface area contributed by atoms with Crippen LogP contribution in [0.1, 0.15) is 31.2 Å². The van der Waals surface area contributed by atoms with Crippen molar-refractivity contribution in [2.45, 2.75) is 43.5 Å². The molecule has 0 spiro atoms. The average Bonchev–Trinajstić information content (AvgIpc) is 2.85. The minimum atomic E-state index is 0.531. The Morgan fingerprint density at radius 2 is 2.11 bits per heavy atom. The fourth-order valence-corrected chi connectivity index (χ4v) is 3.90. The fraction of sp³-hybridized carbons (Fsp3) is 0.571. The number of halogens is 1. The highest BCUT2D eigenvalue weighted by atomic mass is 79.9. The highest BCUT2D eigenvalue weighted by Crippen LogP contribution is 2.31. The molecule has 1 aliphatic carbocycles. The van der Waals surface area contributed by atoms with Gasteiger partial charge in [0, 0.05) is 17.9 Å². The highest BCUT2D eigenvalue weighted by Gasteiger charge is 2.27. The van der Waals surface area contributed by atoms with E-state index in [0.29, 0.717) is 10.9 Å². The van der Waals surface area contributed by atoms with Gasteiger partial charge in [0.2, 0.25) is 0 Å². The van der Waals surface area contributed by atoms with Gasteiger partial charge in [-0.05, 0) is 37.5 Å². The van der Waals surface area contributed by atoms with Crippen LogP contribution in [0, 0.1) is 6.92 Å². The Hall–Kier alpha value is -1.10. The lowest BCUT2D eigenvalue weighted by Crippen LogP contribution is -2.41. The second-order valence-corrected chi connectivity index (χ2v) is 6.58. The van der Waals surface area contributed by atoms with Gasteiger partial charge in [-0.2, -0.15) is 9.61 Å². The number of aromatic nitrogens is 3. The largest absolute Gasteiger partial charge is 0.355 e. The van der Waals surface area contributed by atoms with Crippen molar-refractivity contribution in [3.63, 3.8) is 0 Å². The molecule has 2 heterocycles. The highest BCUT2D eigenvalue weighted by molar-refractivity contribution is 9.09. The Balaban J connectivity index is 2.00. The van der Waals surface area contributed by atoms with Crippen LogP contribution in [-0.2, 0) is 0 Å². The van der Waals surface area contributed by atoms with E-state index in [-0.39, 0.29) is 0 Å². The standard InChI is InChI=1S/C14H19BrN4/c1-10-7-13-16-9-17-19(13)14(8-10)18(2)12-6-4-3-5-11(12)15/h7-9,11-12H,3-6H2,1-2H3. The van der Waals surface area contributed by atoms with Gasteiger partial charge in [0.25, 0.3) is 0 Å². The van der Waals surface area contributed by atoms with Gasteiger partial charge in [0.15, 0.2) is 5.65 Å². The zero-order chi connectivity index (χ0) is 13.4. The first-order valence-electron chi connectivity index (χ1n) is 6.84. The van der Waals surface area contributed by atoms with Crippen molar-refractivity contribution in [2.24, 2.45) is 0 Å². The third kappa shape index (κ3) is 2.36. The van der Waals surface area contributed by atoms with E-state index in [1.165, 1.54) is 31.2 Å². The summed E-state index contributed by atoms with van der Waals surface area (Å²) in [6, 6.07) is 4.79. The maximum absolute atomic E-state index is 4.35. The van der Waals surface area contributed by atoms with Crippen LogP contribution in [0.4, 0.5) is 5.82 Å². The normalized spacial score (nSPS) is 23.7. The van der Waals surface area contributed by atoms with Gasteiger partial charge in [0.1, 0.15) is 12.1 Å². The topological polar surface area (TPSA) is 33.4 Å². The van der Waals surface area contributed by atoms with Crippen molar-refractivity contribution >= 4 is 27.4 Å². The van der Waals surface area contributed by atoms with E-state index in [1.54, 1.807) is 6.33 Å². The first-order chi connectivity index (χ1) is 9.16. The lowest BCUT2D eigenvalue weighted by Gasteiger charge is -2.36. The molecular weight excluding hydrogens is 304 g/mol. The summed E-state index contributed by atoms with van der Waals surface area (Å²) >= 11 is 3.84.